The van der Waals surface area contributed by atoms with E-state index in [4.69, 9.17) is 0 Å². The van der Waals surface area contributed by atoms with Gasteiger partial charge in [0.25, 0.3) is 6.43 Å². The van der Waals surface area contributed by atoms with E-state index < -0.39 is 18.1 Å². The highest BCUT2D eigenvalue weighted by Gasteiger charge is 2.15. The van der Waals surface area contributed by atoms with E-state index in [1.165, 1.54) is 48.7 Å². The highest BCUT2D eigenvalue weighted by Crippen LogP contribution is 2.32. The minimum Gasteiger partial charge on any atom is -0.337 e. The fraction of sp³-hybridized carbons (Fsp3) is 0.0833. The molecule has 0 saturated heterocycles. The molecule has 11 heteroatoms. The second-order valence-electron chi connectivity index (χ2n) is 7.42. The molecule has 4 rings (SSSR count). The van der Waals surface area contributed by atoms with Crippen LogP contribution in [-0.2, 0) is 11.8 Å². The van der Waals surface area contributed by atoms with Crippen LogP contribution in [0.25, 0.3) is 11.1 Å². The normalized spacial score (nSPS) is 10.8. The van der Waals surface area contributed by atoms with Gasteiger partial charge in [0.1, 0.15) is 11.6 Å². The summed E-state index contributed by atoms with van der Waals surface area (Å²) in [5, 5.41) is 12.6. The van der Waals surface area contributed by atoms with Gasteiger partial charge in [-0.15, -0.1) is 0 Å². The van der Waals surface area contributed by atoms with Crippen LogP contribution in [0.4, 0.5) is 42.0 Å². The molecule has 0 radical (unpaired) electrons. The number of aromatic nitrogens is 4. The number of nitrogens with zero attached hydrogens (tertiary/aromatic N) is 4. The number of hydrogen-bond donors (Lipinski definition) is 3. The van der Waals surface area contributed by atoms with Crippen molar-refractivity contribution in [3.8, 4) is 11.1 Å². The van der Waals surface area contributed by atoms with Gasteiger partial charge in [0.05, 0.1) is 17.6 Å². The van der Waals surface area contributed by atoms with E-state index in [0.29, 0.717) is 22.5 Å². The third-order valence-corrected chi connectivity index (χ3v) is 4.90. The van der Waals surface area contributed by atoms with Crippen molar-refractivity contribution >= 4 is 34.7 Å². The quantitative estimate of drug-likeness (QED) is 0.286. The summed E-state index contributed by atoms with van der Waals surface area (Å²) < 4.78 is 42.2. The predicted octanol–water partition coefficient (Wildman–Crippen LogP) is 5.57. The molecule has 0 atom stereocenters. The summed E-state index contributed by atoms with van der Waals surface area (Å²) in [4.78, 5) is 20.4. The standard InChI is InChI=1S/C24H20F3N7O/c1-3-21(35)30-16-8-9-19(25)20(10-16)32-23-18(14-4-6-15(7-5-14)22(26)27)12-28-24(33-23)31-17-11-29-34(2)13-17/h3-13,22H,1H2,2H3,(H,30,35)(H2,28,31,32,33). The van der Waals surface area contributed by atoms with Gasteiger partial charge < -0.3 is 16.0 Å². The van der Waals surface area contributed by atoms with Crippen molar-refractivity contribution in [2.75, 3.05) is 16.0 Å². The van der Waals surface area contributed by atoms with Crippen LogP contribution in [0.15, 0.2) is 73.7 Å². The number of hydrogen-bond acceptors (Lipinski definition) is 6. The SMILES string of the molecule is C=CC(=O)Nc1ccc(F)c(Nc2nc(Nc3cnn(C)c3)ncc2-c2ccc(C(F)F)cc2)c1. The fourth-order valence-electron chi connectivity index (χ4n) is 3.19. The third kappa shape index (κ3) is 5.64. The molecular weight excluding hydrogens is 459 g/mol. The Morgan fingerprint density at radius 2 is 1.86 bits per heavy atom. The van der Waals surface area contributed by atoms with Crippen LogP contribution in [0.1, 0.15) is 12.0 Å². The number of carbonyl (C=O) groups excluding carboxylic acids is 1. The third-order valence-electron chi connectivity index (χ3n) is 4.90. The maximum atomic E-state index is 14.7. The summed E-state index contributed by atoms with van der Waals surface area (Å²) in [6.07, 6.45) is 3.29. The predicted molar refractivity (Wildman–Crippen MR) is 127 cm³/mol. The summed E-state index contributed by atoms with van der Waals surface area (Å²) in [7, 11) is 1.76. The van der Waals surface area contributed by atoms with Gasteiger partial charge in [-0.25, -0.2) is 18.2 Å². The Morgan fingerprint density at radius 3 is 2.51 bits per heavy atom. The van der Waals surface area contributed by atoms with Crippen molar-refractivity contribution in [1.29, 1.82) is 0 Å². The van der Waals surface area contributed by atoms with Crippen LogP contribution in [-0.4, -0.2) is 25.7 Å². The van der Waals surface area contributed by atoms with Crippen molar-refractivity contribution in [1.82, 2.24) is 19.7 Å². The Labute approximate surface area is 198 Å². The molecule has 2 heterocycles. The minimum absolute atomic E-state index is 0.0309. The van der Waals surface area contributed by atoms with Crippen LogP contribution in [0.5, 0.6) is 0 Å². The maximum absolute atomic E-state index is 14.7. The van der Waals surface area contributed by atoms with E-state index >= 15 is 0 Å². The lowest BCUT2D eigenvalue weighted by Crippen LogP contribution is -2.08. The van der Waals surface area contributed by atoms with E-state index in [2.05, 4.69) is 37.6 Å². The summed E-state index contributed by atoms with van der Waals surface area (Å²) in [6, 6.07) is 9.62. The van der Waals surface area contributed by atoms with Gasteiger partial charge in [0.2, 0.25) is 11.9 Å². The average Bonchev–Trinajstić information content (AvgIpc) is 3.25. The average molecular weight is 479 g/mol. The lowest BCUT2D eigenvalue weighted by molar-refractivity contribution is -0.111. The van der Waals surface area contributed by atoms with Crippen molar-refractivity contribution < 1.29 is 18.0 Å². The lowest BCUT2D eigenvalue weighted by atomic mass is 10.1. The Bertz CT molecular complexity index is 1370. The second-order valence-corrected chi connectivity index (χ2v) is 7.42. The first-order chi connectivity index (χ1) is 16.8. The molecule has 0 spiro atoms. The van der Waals surface area contributed by atoms with Gasteiger partial charge in [-0.05, 0) is 29.8 Å². The van der Waals surface area contributed by atoms with Crippen LogP contribution < -0.4 is 16.0 Å². The molecule has 0 unspecified atom stereocenters. The molecule has 8 nitrogen and oxygen atoms in total. The topological polar surface area (TPSA) is 96.8 Å². The first-order valence-electron chi connectivity index (χ1n) is 10.3. The van der Waals surface area contributed by atoms with Crippen LogP contribution in [0.2, 0.25) is 0 Å². The van der Waals surface area contributed by atoms with Gasteiger partial charge in [-0.2, -0.15) is 10.1 Å². The van der Waals surface area contributed by atoms with E-state index in [9.17, 15) is 18.0 Å². The van der Waals surface area contributed by atoms with Crippen molar-refractivity contribution in [3.05, 3.63) is 85.1 Å². The Balaban J connectivity index is 1.73. The van der Waals surface area contributed by atoms with Crippen molar-refractivity contribution in [2.45, 2.75) is 6.43 Å². The number of nitrogens with one attached hydrogen (secondary N) is 3. The number of halogens is 3. The molecule has 4 aromatic rings. The van der Waals surface area contributed by atoms with E-state index in [1.807, 2.05) is 0 Å². The number of alkyl halides is 2. The highest BCUT2D eigenvalue weighted by molar-refractivity contribution is 5.99. The lowest BCUT2D eigenvalue weighted by Gasteiger charge is -2.15. The molecule has 1 amide bonds. The molecule has 0 aliphatic rings. The molecule has 178 valence electrons. The first kappa shape index (κ1) is 23.5. The molecule has 0 bridgehead atoms. The molecule has 2 aromatic heterocycles. The Kier molecular flexibility index (Phi) is 6.76. The van der Waals surface area contributed by atoms with Crippen molar-refractivity contribution in [3.63, 3.8) is 0 Å². The van der Waals surface area contributed by atoms with Gasteiger partial charge in [0.15, 0.2) is 0 Å². The Morgan fingerprint density at radius 1 is 1.09 bits per heavy atom. The molecule has 0 fully saturated rings. The summed E-state index contributed by atoms with van der Waals surface area (Å²) in [5.41, 5.74) is 1.86. The summed E-state index contributed by atoms with van der Waals surface area (Å²) in [5.74, 6) is -0.638. The zero-order valence-corrected chi connectivity index (χ0v) is 18.5. The van der Waals surface area contributed by atoms with Gasteiger partial charge in [-0.3, -0.25) is 9.48 Å². The van der Waals surface area contributed by atoms with E-state index in [-0.39, 0.29) is 23.0 Å². The number of benzene rings is 2. The molecule has 0 aliphatic heterocycles. The van der Waals surface area contributed by atoms with Gasteiger partial charge in [-0.1, -0.05) is 30.8 Å². The monoisotopic (exact) mass is 479 g/mol. The molecule has 35 heavy (non-hydrogen) atoms. The molecule has 0 aliphatic carbocycles. The number of aryl methyl sites for hydroxylation is 1. The van der Waals surface area contributed by atoms with Crippen molar-refractivity contribution in [2.24, 2.45) is 7.05 Å². The number of rotatable bonds is 8. The van der Waals surface area contributed by atoms with Gasteiger partial charge >= 0.3 is 0 Å². The second kappa shape index (κ2) is 10.1. The van der Waals surface area contributed by atoms with Crippen LogP contribution in [0.3, 0.4) is 0 Å². The fourth-order valence-corrected chi connectivity index (χ4v) is 3.19. The summed E-state index contributed by atoms with van der Waals surface area (Å²) >= 11 is 0. The largest absolute Gasteiger partial charge is 0.337 e. The van der Waals surface area contributed by atoms with Gasteiger partial charge in [0, 0.05) is 36.3 Å². The highest BCUT2D eigenvalue weighted by atomic mass is 19.3. The van der Waals surface area contributed by atoms with Crippen LogP contribution >= 0.6 is 0 Å². The zero-order valence-electron chi connectivity index (χ0n) is 18.5. The molecule has 3 N–H and O–H groups in total. The maximum Gasteiger partial charge on any atom is 0.263 e. The zero-order chi connectivity index (χ0) is 24.9. The number of anilines is 5. The van der Waals surface area contributed by atoms with E-state index in [0.717, 1.165) is 6.08 Å². The van der Waals surface area contributed by atoms with Crippen LogP contribution in [0, 0.1) is 5.82 Å². The van der Waals surface area contributed by atoms with E-state index in [1.54, 1.807) is 24.1 Å². The molecule has 0 saturated carbocycles. The smallest absolute Gasteiger partial charge is 0.263 e. The Hall–Kier alpha value is -4.67. The number of amides is 1. The summed E-state index contributed by atoms with van der Waals surface area (Å²) in [6.45, 7) is 3.39. The molecule has 2 aromatic carbocycles. The molecular formula is C24H20F3N7O. The minimum atomic E-state index is -2.61. The first-order valence-corrected chi connectivity index (χ1v) is 10.3. The number of carbonyl (C=O) groups is 1.